The Hall–Kier alpha value is -2.53. The Morgan fingerprint density at radius 3 is 2.61 bits per heavy atom. The van der Waals surface area contributed by atoms with E-state index < -0.39 is 0 Å². The topological polar surface area (TPSA) is 50.8 Å². The number of amides is 1. The van der Waals surface area contributed by atoms with Gasteiger partial charge in [-0.05, 0) is 73.7 Å². The molecule has 2 heterocycles. The van der Waals surface area contributed by atoms with E-state index in [0.717, 1.165) is 36.6 Å². The predicted octanol–water partition coefficient (Wildman–Crippen LogP) is 4.02. The van der Waals surface area contributed by atoms with E-state index in [4.69, 9.17) is 9.47 Å². The number of nitrogens with one attached hydrogen (secondary N) is 1. The quantitative estimate of drug-likeness (QED) is 0.874. The number of hydrogen-bond acceptors (Lipinski definition) is 4. The number of hydrogen-bond donors (Lipinski definition) is 1. The van der Waals surface area contributed by atoms with Gasteiger partial charge in [-0.2, -0.15) is 0 Å². The zero-order chi connectivity index (χ0) is 19.7. The van der Waals surface area contributed by atoms with E-state index >= 15 is 0 Å². The van der Waals surface area contributed by atoms with Gasteiger partial charge in [-0.15, -0.1) is 0 Å². The summed E-state index contributed by atoms with van der Waals surface area (Å²) in [5.41, 5.74) is 5.79. The summed E-state index contributed by atoms with van der Waals surface area (Å²) in [4.78, 5) is 14.8. The van der Waals surface area contributed by atoms with Crippen LogP contribution in [-0.4, -0.2) is 37.1 Å². The smallest absolute Gasteiger partial charge is 0.238 e. The Balaban J connectivity index is 1.46. The minimum atomic E-state index is 0.0212. The van der Waals surface area contributed by atoms with Crippen molar-refractivity contribution in [3.63, 3.8) is 0 Å². The minimum Gasteiger partial charge on any atom is -0.490 e. The van der Waals surface area contributed by atoms with Crippen LogP contribution in [0.2, 0.25) is 0 Å². The standard InChI is InChI=1S/C23H28N2O3/c1-15-5-6-19(11-16(15)2)24-23(26)14-25-8-7-18-12-21-22(13-20(18)17(25)3)28-10-4-9-27-21/h5-6,11-13,17H,4,7-10,14H2,1-3H3,(H,24,26)/t17-/m0/s1. The molecule has 2 aromatic rings. The predicted molar refractivity (Wildman–Crippen MR) is 110 cm³/mol. The first kappa shape index (κ1) is 18.8. The molecule has 2 aliphatic heterocycles. The maximum atomic E-state index is 12.6. The summed E-state index contributed by atoms with van der Waals surface area (Å²) in [5.74, 6) is 1.70. The van der Waals surface area contributed by atoms with Gasteiger partial charge in [-0.25, -0.2) is 0 Å². The van der Waals surface area contributed by atoms with Gasteiger partial charge in [0, 0.05) is 24.7 Å². The summed E-state index contributed by atoms with van der Waals surface area (Å²) in [6.45, 7) is 8.91. The highest BCUT2D eigenvalue weighted by atomic mass is 16.5. The lowest BCUT2D eigenvalue weighted by atomic mass is 9.93. The fraction of sp³-hybridized carbons (Fsp3) is 0.435. The lowest BCUT2D eigenvalue weighted by molar-refractivity contribution is -0.117. The van der Waals surface area contributed by atoms with E-state index in [1.807, 2.05) is 18.2 Å². The summed E-state index contributed by atoms with van der Waals surface area (Å²) in [6.07, 6.45) is 1.81. The summed E-state index contributed by atoms with van der Waals surface area (Å²) < 4.78 is 11.7. The summed E-state index contributed by atoms with van der Waals surface area (Å²) >= 11 is 0. The van der Waals surface area contributed by atoms with Crippen molar-refractivity contribution in [1.29, 1.82) is 0 Å². The van der Waals surface area contributed by atoms with Crippen molar-refractivity contribution in [1.82, 2.24) is 4.90 Å². The van der Waals surface area contributed by atoms with Crippen molar-refractivity contribution >= 4 is 11.6 Å². The molecule has 28 heavy (non-hydrogen) atoms. The SMILES string of the molecule is Cc1ccc(NC(=O)CN2CCc3cc4c(cc3[C@@H]2C)OCCCO4)cc1C. The normalized spacial score (nSPS) is 18.9. The Labute approximate surface area is 166 Å². The lowest BCUT2D eigenvalue weighted by Crippen LogP contribution is -2.39. The Kier molecular flexibility index (Phi) is 5.27. The van der Waals surface area contributed by atoms with Crippen molar-refractivity contribution < 1.29 is 14.3 Å². The first-order valence-corrected chi connectivity index (χ1v) is 10.0. The van der Waals surface area contributed by atoms with Gasteiger partial charge < -0.3 is 14.8 Å². The van der Waals surface area contributed by atoms with Crippen LogP contribution in [0.1, 0.15) is 41.6 Å². The van der Waals surface area contributed by atoms with E-state index in [1.165, 1.54) is 22.3 Å². The Morgan fingerprint density at radius 2 is 1.86 bits per heavy atom. The molecule has 2 aliphatic rings. The third-order valence-corrected chi connectivity index (χ3v) is 5.81. The summed E-state index contributed by atoms with van der Waals surface area (Å²) in [6, 6.07) is 10.4. The summed E-state index contributed by atoms with van der Waals surface area (Å²) in [7, 11) is 0. The van der Waals surface area contributed by atoms with E-state index in [1.54, 1.807) is 0 Å². The van der Waals surface area contributed by atoms with Gasteiger partial charge in [0.1, 0.15) is 0 Å². The second-order valence-corrected chi connectivity index (χ2v) is 7.79. The second-order valence-electron chi connectivity index (χ2n) is 7.79. The number of aryl methyl sites for hydroxylation is 2. The highest BCUT2D eigenvalue weighted by molar-refractivity contribution is 5.92. The molecule has 0 aromatic heterocycles. The molecule has 0 bridgehead atoms. The molecule has 148 valence electrons. The van der Waals surface area contributed by atoms with Gasteiger partial charge in [0.25, 0.3) is 0 Å². The van der Waals surface area contributed by atoms with Gasteiger partial charge in [-0.1, -0.05) is 6.07 Å². The van der Waals surface area contributed by atoms with Gasteiger partial charge in [0.05, 0.1) is 19.8 Å². The fourth-order valence-electron chi connectivity index (χ4n) is 3.95. The van der Waals surface area contributed by atoms with Crippen molar-refractivity contribution in [2.75, 3.05) is 31.6 Å². The number of fused-ring (bicyclic) bond motifs is 2. The maximum absolute atomic E-state index is 12.6. The third kappa shape index (κ3) is 3.85. The molecule has 0 spiro atoms. The van der Waals surface area contributed by atoms with Crippen LogP contribution in [0.3, 0.4) is 0 Å². The van der Waals surface area contributed by atoms with Crippen molar-refractivity contribution in [3.8, 4) is 11.5 Å². The second kappa shape index (κ2) is 7.84. The van der Waals surface area contributed by atoms with E-state index in [0.29, 0.717) is 19.8 Å². The largest absolute Gasteiger partial charge is 0.490 e. The van der Waals surface area contributed by atoms with Crippen molar-refractivity contribution in [2.24, 2.45) is 0 Å². The van der Waals surface area contributed by atoms with Crippen LogP contribution >= 0.6 is 0 Å². The van der Waals surface area contributed by atoms with E-state index in [-0.39, 0.29) is 11.9 Å². The Morgan fingerprint density at radius 1 is 1.11 bits per heavy atom. The minimum absolute atomic E-state index is 0.0212. The number of anilines is 1. The molecule has 0 fully saturated rings. The maximum Gasteiger partial charge on any atom is 0.238 e. The molecule has 1 N–H and O–H groups in total. The van der Waals surface area contributed by atoms with Gasteiger partial charge in [0.2, 0.25) is 5.91 Å². The van der Waals surface area contributed by atoms with Crippen LogP contribution in [0.5, 0.6) is 11.5 Å². The molecule has 1 atom stereocenters. The number of carbonyl (C=O) groups excluding carboxylic acids is 1. The molecule has 0 radical (unpaired) electrons. The van der Waals surface area contributed by atoms with Crippen LogP contribution in [0, 0.1) is 13.8 Å². The number of nitrogens with zero attached hydrogens (tertiary/aromatic N) is 1. The van der Waals surface area contributed by atoms with E-state index in [2.05, 4.69) is 43.1 Å². The van der Waals surface area contributed by atoms with Crippen LogP contribution in [0.25, 0.3) is 0 Å². The zero-order valence-electron chi connectivity index (χ0n) is 16.9. The average molecular weight is 380 g/mol. The van der Waals surface area contributed by atoms with Crippen LogP contribution in [-0.2, 0) is 11.2 Å². The molecule has 0 aliphatic carbocycles. The first-order chi connectivity index (χ1) is 13.5. The molecular weight excluding hydrogens is 352 g/mol. The molecule has 2 aromatic carbocycles. The number of rotatable bonds is 3. The highest BCUT2D eigenvalue weighted by Crippen LogP contribution is 2.39. The molecule has 1 amide bonds. The third-order valence-electron chi connectivity index (χ3n) is 5.81. The highest BCUT2D eigenvalue weighted by Gasteiger charge is 2.27. The number of benzene rings is 2. The Bertz CT molecular complexity index is 894. The average Bonchev–Trinajstić information content (AvgIpc) is 2.90. The molecule has 0 saturated carbocycles. The fourth-order valence-corrected chi connectivity index (χ4v) is 3.95. The summed E-state index contributed by atoms with van der Waals surface area (Å²) in [5, 5.41) is 3.03. The molecule has 4 rings (SSSR count). The zero-order valence-corrected chi connectivity index (χ0v) is 16.9. The lowest BCUT2D eigenvalue weighted by Gasteiger charge is -2.35. The monoisotopic (exact) mass is 380 g/mol. The molecule has 5 heteroatoms. The molecule has 0 unspecified atom stereocenters. The molecular formula is C23H28N2O3. The first-order valence-electron chi connectivity index (χ1n) is 10.0. The number of carbonyl (C=O) groups is 1. The van der Waals surface area contributed by atoms with Crippen LogP contribution in [0.4, 0.5) is 5.69 Å². The van der Waals surface area contributed by atoms with Gasteiger partial charge in [0.15, 0.2) is 11.5 Å². The van der Waals surface area contributed by atoms with Crippen LogP contribution < -0.4 is 14.8 Å². The van der Waals surface area contributed by atoms with Crippen LogP contribution in [0.15, 0.2) is 30.3 Å². The number of ether oxygens (including phenoxy) is 2. The molecule has 0 saturated heterocycles. The molecule has 5 nitrogen and oxygen atoms in total. The van der Waals surface area contributed by atoms with Gasteiger partial charge in [-0.3, -0.25) is 9.69 Å². The van der Waals surface area contributed by atoms with Gasteiger partial charge >= 0.3 is 0 Å². The van der Waals surface area contributed by atoms with Crippen molar-refractivity contribution in [3.05, 3.63) is 52.6 Å². The van der Waals surface area contributed by atoms with Crippen molar-refractivity contribution in [2.45, 2.75) is 39.7 Å². The van der Waals surface area contributed by atoms with E-state index in [9.17, 15) is 4.79 Å².